The maximum atomic E-state index is 6.76. The van der Waals surface area contributed by atoms with Crippen molar-refractivity contribution in [2.75, 3.05) is 4.90 Å². The third-order valence-electron chi connectivity index (χ3n) is 11.1. The molecule has 0 bridgehead atoms. The molecule has 0 spiro atoms. The van der Waals surface area contributed by atoms with E-state index in [1.54, 1.807) is 0 Å². The van der Waals surface area contributed by atoms with Crippen LogP contribution in [0, 0.1) is 0 Å². The van der Waals surface area contributed by atoms with Gasteiger partial charge in [0.2, 0.25) is 0 Å². The maximum Gasteiger partial charge on any atom is 0.160 e. The summed E-state index contributed by atoms with van der Waals surface area (Å²) in [7, 11) is 0. The number of fused-ring (bicyclic) bond motifs is 6. The van der Waals surface area contributed by atoms with E-state index in [-0.39, 0.29) is 0 Å². The van der Waals surface area contributed by atoms with Gasteiger partial charge in [-0.25, -0.2) is 9.97 Å². The number of furan rings is 1. The summed E-state index contributed by atoms with van der Waals surface area (Å²) in [5, 5.41) is 5.36. The van der Waals surface area contributed by atoms with Crippen LogP contribution in [-0.4, -0.2) is 9.97 Å². The van der Waals surface area contributed by atoms with Gasteiger partial charge in [-0.3, -0.25) is 0 Å². The minimum absolute atomic E-state index is 0.679. The van der Waals surface area contributed by atoms with Gasteiger partial charge in [0.25, 0.3) is 0 Å². The predicted molar refractivity (Wildman–Crippen MR) is 241 cm³/mol. The van der Waals surface area contributed by atoms with Crippen LogP contribution in [0.25, 0.3) is 88.5 Å². The second kappa shape index (κ2) is 14.0. The Morgan fingerprint density at radius 2 is 0.845 bits per heavy atom. The molecule has 9 aromatic carbocycles. The fourth-order valence-corrected chi connectivity index (χ4v) is 8.26. The third kappa shape index (κ3) is 5.87. The zero-order valence-corrected chi connectivity index (χ0v) is 31.5. The van der Waals surface area contributed by atoms with E-state index >= 15 is 0 Å². The van der Waals surface area contributed by atoms with Crippen molar-refractivity contribution >= 4 is 60.7 Å². The lowest BCUT2D eigenvalue weighted by atomic mass is 9.99. The molecule has 4 nitrogen and oxygen atoms in total. The molecule has 2 heterocycles. The van der Waals surface area contributed by atoms with Crippen molar-refractivity contribution in [3.05, 3.63) is 212 Å². The predicted octanol–water partition coefficient (Wildman–Crippen LogP) is 14.8. The summed E-state index contributed by atoms with van der Waals surface area (Å²) in [6.45, 7) is 0. The van der Waals surface area contributed by atoms with Gasteiger partial charge in [0.15, 0.2) is 5.82 Å². The van der Waals surface area contributed by atoms with Crippen molar-refractivity contribution in [2.24, 2.45) is 0 Å². The summed E-state index contributed by atoms with van der Waals surface area (Å²) >= 11 is 0. The van der Waals surface area contributed by atoms with E-state index in [0.717, 1.165) is 77.5 Å². The second-order valence-corrected chi connectivity index (χ2v) is 14.6. The van der Waals surface area contributed by atoms with Crippen LogP contribution < -0.4 is 4.90 Å². The van der Waals surface area contributed by atoms with Crippen molar-refractivity contribution in [1.82, 2.24) is 9.97 Å². The molecule has 0 saturated carbocycles. The molecule has 0 aliphatic carbocycles. The maximum absolute atomic E-state index is 6.76. The third-order valence-corrected chi connectivity index (χ3v) is 11.1. The van der Waals surface area contributed by atoms with E-state index in [1.807, 2.05) is 18.2 Å². The van der Waals surface area contributed by atoms with Crippen molar-refractivity contribution in [3.63, 3.8) is 0 Å². The number of benzene rings is 9. The molecular formula is C54H35N3O. The summed E-state index contributed by atoms with van der Waals surface area (Å²) in [6, 6.07) is 74.5. The molecule has 58 heavy (non-hydrogen) atoms. The fraction of sp³-hybridized carbons (Fsp3) is 0. The van der Waals surface area contributed by atoms with Gasteiger partial charge in [0, 0.05) is 50.1 Å². The lowest BCUT2D eigenvalue weighted by Crippen LogP contribution is -2.10. The number of aromatic nitrogens is 2. The number of anilines is 3. The summed E-state index contributed by atoms with van der Waals surface area (Å²) < 4.78 is 6.76. The fourth-order valence-electron chi connectivity index (χ4n) is 8.26. The Balaban J connectivity index is 1.09. The minimum Gasteiger partial charge on any atom is -0.456 e. The highest BCUT2D eigenvalue weighted by Crippen LogP contribution is 2.45. The Kier molecular flexibility index (Phi) is 8.11. The molecular weight excluding hydrogens is 707 g/mol. The lowest BCUT2D eigenvalue weighted by Gasteiger charge is -2.27. The van der Waals surface area contributed by atoms with Gasteiger partial charge >= 0.3 is 0 Å². The summed E-state index contributed by atoms with van der Waals surface area (Å²) in [4.78, 5) is 12.6. The molecule has 11 aromatic rings. The molecule has 0 N–H and O–H groups in total. The number of hydrogen-bond acceptors (Lipinski definition) is 4. The van der Waals surface area contributed by atoms with E-state index in [0.29, 0.717) is 5.82 Å². The smallest absolute Gasteiger partial charge is 0.160 e. The molecule has 0 radical (unpaired) electrons. The first-order valence-corrected chi connectivity index (χ1v) is 19.6. The first kappa shape index (κ1) is 33.5. The Labute approximate surface area is 335 Å². The van der Waals surface area contributed by atoms with Gasteiger partial charge in [0.05, 0.1) is 16.9 Å². The molecule has 2 aromatic heterocycles. The van der Waals surface area contributed by atoms with Gasteiger partial charge in [0.1, 0.15) is 11.2 Å². The zero-order valence-electron chi connectivity index (χ0n) is 31.5. The first-order valence-electron chi connectivity index (χ1n) is 19.6. The average Bonchev–Trinajstić information content (AvgIpc) is 3.68. The molecule has 0 amide bonds. The normalized spacial score (nSPS) is 11.4. The number of nitrogens with zero attached hydrogens (tertiary/aromatic N) is 3. The topological polar surface area (TPSA) is 42.2 Å². The Hall–Kier alpha value is -7.82. The molecule has 0 saturated heterocycles. The van der Waals surface area contributed by atoms with Crippen LogP contribution in [0.3, 0.4) is 0 Å². The quantitative estimate of drug-likeness (QED) is 0.163. The van der Waals surface area contributed by atoms with E-state index in [1.165, 1.54) is 22.3 Å². The highest BCUT2D eigenvalue weighted by Gasteiger charge is 2.21. The highest BCUT2D eigenvalue weighted by atomic mass is 16.3. The lowest BCUT2D eigenvalue weighted by molar-refractivity contribution is 0.669. The molecule has 272 valence electrons. The van der Waals surface area contributed by atoms with Gasteiger partial charge in [-0.2, -0.15) is 0 Å². The number of rotatable bonds is 7. The largest absolute Gasteiger partial charge is 0.456 e. The molecule has 11 rings (SSSR count). The molecule has 0 atom stereocenters. The number of para-hydroxylation sites is 1. The van der Waals surface area contributed by atoms with Crippen molar-refractivity contribution < 1.29 is 4.42 Å². The molecule has 0 aliphatic rings. The van der Waals surface area contributed by atoms with Crippen molar-refractivity contribution in [2.45, 2.75) is 0 Å². The Morgan fingerprint density at radius 1 is 0.345 bits per heavy atom. The monoisotopic (exact) mass is 741 g/mol. The average molecular weight is 742 g/mol. The van der Waals surface area contributed by atoms with E-state index < -0.39 is 0 Å². The molecule has 4 heteroatoms. The van der Waals surface area contributed by atoms with Crippen LogP contribution in [-0.2, 0) is 0 Å². The Morgan fingerprint density at radius 3 is 1.47 bits per heavy atom. The van der Waals surface area contributed by atoms with Gasteiger partial charge < -0.3 is 9.32 Å². The van der Waals surface area contributed by atoms with Crippen LogP contribution >= 0.6 is 0 Å². The van der Waals surface area contributed by atoms with Crippen molar-refractivity contribution in [3.8, 4) is 44.9 Å². The standard InChI is InChI=1S/C54H35N3O/c1-4-14-36(15-5-1)38-24-29-42(30-25-38)57(43-31-26-39(27-32-43)37-16-6-2-7-17-37)49-35-51-52(45-21-11-10-20-44(45)49)47-34-41(28-33-50(47)58-51)54-55-48-23-13-12-22-46(48)53(56-54)40-18-8-3-9-19-40/h1-35H. The van der Waals surface area contributed by atoms with E-state index in [9.17, 15) is 0 Å². The van der Waals surface area contributed by atoms with E-state index in [4.69, 9.17) is 14.4 Å². The minimum atomic E-state index is 0.679. The summed E-state index contributed by atoms with van der Waals surface area (Å²) in [5.41, 5.74) is 13.3. The van der Waals surface area contributed by atoms with E-state index in [2.05, 4.69) is 199 Å². The van der Waals surface area contributed by atoms with Gasteiger partial charge in [-0.15, -0.1) is 0 Å². The van der Waals surface area contributed by atoms with Crippen LogP contribution in [0.1, 0.15) is 0 Å². The zero-order chi connectivity index (χ0) is 38.4. The van der Waals surface area contributed by atoms with Crippen LogP contribution in [0.5, 0.6) is 0 Å². The van der Waals surface area contributed by atoms with Crippen LogP contribution in [0.15, 0.2) is 217 Å². The summed E-state index contributed by atoms with van der Waals surface area (Å²) in [6.07, 6.45) is 0. The van der Waals surface area contributed by atoms with Gasteiger partial charge in [-0.1, -0.05) is 158 Å². The van der Waals surface area contributed by atoms with Gasteiger partial charge in [-0.05, 0) is 76.2 Å². The van der Waals surface area contributed by atoms with Crippen LogP contribution in [0.2, 0.25) is 0 Å². The number of hydrogen-bond donors (Lipinski definition) is 0. The van der Waals surface area contributed by atoms with Crippen molar-refractivity contribution in [1.29, 1.82) is 0 Å². The highest BCUT2D eigenvalue weighted by molar-refractivity contribution is 6.23. The SMILES string of the molecule is c1ccc(-c2ccc(N(c3ccc(-c4ccccc4)cc3)c3cc4oc5ccc(-c6nc(-c7ccccc7)c7ccccc7n6)cc5c4c4ccccc34)cc2)cc1. The molecule has 0 aliphatic heterocycles. The molecule has 0 fully saturated rings. The Bertz CT molecular complexity index is 3170. The first-order chi connectivity index (χ1) is 28.7. The second-order valence-electron chi connectivity index (χ2n) is 14.6. The summed E-state index contributed by atoms with van der Waals surface area (Å²) in [5.74, 6) is 0.679. The van der Waals surface area contributed by atoms with Crippen LogP contribution in [0.4, 0.5) is 17.1 Å². The molecule has 0 unspecified atom stereocenters.